The van der Waals surface area contributed by atoms with Gasteiger partial charge in [0.2, 0.25) is 5.91 Å². The van der Waals surface area contributed by atoms with Gasteiger partial charge in [0, 0.05) is 6.42 Å². The molecule has 0 aromatic heterocycles. The number of imide groups is 1. The largest absolute Gasteiger partial charge is 0.490 e. The molecule has 8 heteroatoms. The molecule has 0 unspecified atom stereocenters. The molecule has 2 heterocycles. The maximum absolute atomic E-state index is 13.4. The van der Waals surface area contributed by atoms with Crippen molar-refractivity contribution in [3.8, 4) is 11.5 Å². The first-order chi connectivity index (χ1) is 17.9. The maximum atomic E-state index is 13.4. The second-order valence-corrected chi connectivity index (χ2v) is 9.38. The van der Waals surface area contributed by atoms with E-state index in [1.165, 1.54) is 0 Å². The highest BCUT2D eigenvalue weighted by Crippen LogP contribution is 2.36. The zero-order valence-electron chi connectivity index (χ0n) is 20.6. The fraction of sp³-hybridized carbons (Fsp3) is 0.276. The Morgan fingerprint density at radius 2 is 1.65 bits per heavy atom. The Labute approximate surface area is 215 Å². The number of carbonyl (C=O) groups is 3. The van der Waals surface area contributed by atoms with Gasteiger partial charge in [-0.2, -0.15) is 0 Å². The van der Waals surface area contributed by atoms with Crippen molar-refractivity contribution in [2.75, 3.05) is 19.8 Å². The first-order valence-electron chi connectivity index (χ1n) is 12.4. The lowest BCUT2D eigenvalue weighted by molar-refractivity contribution is -0.135. The average molecular weight is 500 g/mol. The smallest absolute Gasteiger partial charge is 0.325 e. The second kappa shape index (κ2) is 10.3. The van der Waals surface area contributed by atoms with Gasteiger partial charge < -0.3 is 20.1 Å². The van der Waals surface area contributed by atoms with Crippen molar-refractivity contribution in [3.63, 3.8) is 0 Å². The van der Waals surface area contributed by atoms with E-state index in [1.807, 2.05) is 60.7 Å². The molecule has 2 N–H and O–H groups in total. The van der Waals surface area contributed by atoms with Crippen LogP contribution < -0.4 is 20.1 Å². The van der Waals surface area contributed by atoms with E-state index in [9.17, 15) is 14.4 Å². The number of hydrogen-bond acceptors (Lipinski definition) is 5. The van der Waals surface area contributed by atoms with Crippen molar-refractivity contribution < 1.29 is 23.9 Å². The summed E-state index contributed by atoms with van der Waals surface area (Å²) in [5.74, 6) is 0.210. The monoisotopic (exact) mass is 499 g/mol. The van der Waals surface area contributed by atoms with Crippen molar-refractivity contribution in [2.45, 2.75) is 31.3 Å². The molecule has 3 aromatic rings. The summed E-state index contributed by atoms with van der Waals surface area (Å²) < 4.78 is 11.4. The van der Waals surface area contributed by atoms with Gasteiger partial charge in [0.15, 0.2) is 11.5 Å². The summed E-state index contributed by atoms with van der Waals surface area (Å²) in [4.78, 5) is 40.4. The molecule has 2 aliphatic heterocycles. The lowest BCUT2D eigenvalue weighted by Crippen LogP contribution is -2.44. The highest BCUT2D eigenvalue weighted by molar-refractivity contribution is 6.09. The van der Waals surface area contributed by atoms with Gasteiger partial charge in [0.05, 0.1) is 19.3 Å². The minimum absolute atomic E-state index is 0.315. The van der Waals surface area contributed by atoms with Gasteiger partial charge in [-0.25, -0.2) is 4.79 Å². The molecular formula is C29H29N3O5. The van der Waals surface area contributed by atoms with Crippen LogP contribution in [0.25, 0.3) is 0 Å². The van der Waals surface area contributed by atoms with Gasteiger partial charge in [0.1, 0.15) is 12.1 Å². The molecule has 0 bridgehead atoms. The molecule has 5 rings (SSSR count). The normalized spacial score (nSPS) is 19.6. The number of rotatable bonds is 7. The summed E-state index contributed by atoms with van der Waals surface area (Å²) in [7, 11) is 0. The van der Waals surface area contributed by atoms with Gasteiger partial charge >= 0.3 is 6.03 Å². The number of ether oxygens (including phenoxy) is 2. The van der Waals surface area contributed by atoms with Crippen molar-refractivity contribution in [2.24, 2.45) is 0 Å². The maximum Gasteiger partial charge on any atom is 0.325 e. The van der Waals surface area contributed by atoms with E-state index in [0.717, 1.165) is 22.4 Å². The van der Waals surface area contributed by atoms with Crippen LogP contribution in [0.2, 0.25) is 0 Å². The van der Waals surface area contributed by atoms with Crippen LogP contribution in [0.4, 0.5) is 4.79 Å². The summed E-state index contributed by atoms with van der Waals surface area (Å²) in [6, 6.07) is 23.7. The fourth-order valence-electron chi connectivity index (χ4n) is 4.68. The standard InChI is InChI=1S/C29H29N3O5/c1-29(22-13-14-24-25(18-22)37-16-8-15-36-24)27(34)32(28(35)31-29)19-26(33)30-23(21-11-6-3-7-12-21)17-20-9-4-2-5-10-20/h2-7,9-14,18,23H,8,15-17,19H2,1H3,(H,30,33)(H,31,35)/t23-,29-/m0/s1. The minimum atomic E-state index is -1.33. The van der Waals surface area contributed by atoms with E-state index in [1.54, 1.807) is 25.1 Å². The first-order valence-corrected chi connectivity index (χ1v) is 12.4. The number of nitrogens with zero attached hydrogens (tertiary/aromatic N) is 1. The predicted octanol–water partition coefficient (Wildman–Crippen LogP) is 3.72. The van der Waals surface area contributed by atoms with E-state index < -0.39 is 23.4 Å². The van der Waals surface area contributed by atoms with Crippen LogP contribution in [-0.2, 0) is 21.5 Å². The molecule has 3 aromatic carbocycles. The number of nitrogens with one attached hydrogen (secondary N) is 2. The van der Waals surface area contributed by atoms with Gasteiger partial charge in [-0.1, -0.05) is 66.7 Å². The third-order valence-electron chi connectivity index (χ3n) is 6.72. The molecule has 0 aliphatic carbocycles. The number of carbonyl (C=O) groups excluding carboxylic acids is 3. The Hall–Kier alpha value is -4.33. The fourth-order valence-corrected chi connectivity index (χ4v) is 4.68. The van der Waals surface area contributed by atoms with Crippen LogP contribution in [0.5, 0.6) is 11.5 Å². The highest BCUT2D eigenvalue weighted by Gasteiger charge is 2.50. The zero-order valence-corrected chi connectivity index (χ0v) is 20.6. The van der Waals surface area contributed by atoms with Gasteiger partial charge in [-0.15, -0.1) is 0 Å². The van der Waals surface area contributed by atoms with E-state index in [4.69, 9.17) is 9.47 Å². The Kier molecular flexibility index (Phi) is 6.81. The molecular weight excluding hydrogens is 470 g/mol. The molecule has 8 nitrogen and oxygen atoms in total. The second-order valence-electron chi connectivity index (χ2n) is 9.38. The summed E-state index contributed by atoms with van der Waals surface area (Å²) in [5, 5.41) is 5.78. The predicted molar refractivity (Wildman–Crippen MR) is 137 cm³/mol. The summed E-state index contributed by atoms with van der Waals surface area (Å²) in [6.45, 7) is 2.30. The Balaban J connectivity index is 1.32. The lowest BCUT2D eigenvalue weighted by Gasteiger charge is -2.24. The van der Waals surface area contributed by atoms with Crippen LogP contribution in [0.3, 0.4) is 0 Å². The van der Waals surface area contributed by atoms with Crippen molar-refractivity contribution in [3.05, 3.63) is 95.6 Å². The molecule has 0 spiro atoms. The van der Waals surface area contributed by atoms with Gasteiger partial charge in [-0.3, -0.25) is 14.5 Å². The molecule has 1 fully saturated rings. The molecule has 0 radical (unpaired) electrons. The van der Waals surface area contributed by atoms with Crippen LogP contribution in [0, 0.1) is 0 Å². The van der Waals surface area contributed by atoms with E-state index in [0.29, 0.717) is 36.7 Å². The average Bonchev–Trinajstić information content (AvgIpc) is 3.07. The Bertz CT molecular complexity index is 1300. The Morgan fingerprint density at radius 1 is 0.973 bits per heavy atom. The van der Waals surface area contributed by atoms with Crippen LogP contribution in [-0.4, -0.2) is 42.5 Å². The number of benzene rings is 3. The molecule has 37 heavy (non-hydrogen) atoms. The summed E-state index contributed by atoms with van der Waals surface area (Å²) in [5.41, 5.74) is 1.23. The third kappa shape index (κ3) is 5.14. The highest BCUT2D eigenvalue weighted by atomic mass is 16.5. The van der Waals surface area contributed by atoms with E-state index in [-0.39, 0.29) is 12.6 Å². The topological polar surface area (TPSA) is 97.0 Å². The van der Waals surface area contributed by atoms with Crippen molar-refractivity contribution in [1.29, 1.82) is 0 Å². The molecule has 1 saturated heterocycles. The molecule has 2 aliphatic rings. The lowest BCUT2D eigenvalue weighted by atomic mass is 9.91. The number of fused-ring (bicyclic) bond motifs is 1. The molecule has 2 atom stereocenters. The summed E-state index contributed by atoms with van der Waals surface area (Å²) in [6.07, 6.45) is 1.33. The van der Waals surface area contributed by atoms with E-state index >= 15 is 0 Å². The van der Waals surface area contributed by atoms with E-state index in [2.05, 4.69) is 10.6 Å². The van der Waals surface area contributed by atoms with Crippen molar-refractivity contribution >= 4 is 17.8 Å². The third-order valence-corrected chi connectivity index (χ3v) is 6.72. The van der Waals surface area contributed by atoms with Gasteiger partial charge in [0.25, 0.3) is 5.91 Å². The van der Waals surface area contributed by atoms with Gasteiger partial charge in [-0.05, 0) is 42.2 Å². The van der Waals surface area contributed by atoms with Crippen LogP contribution >= 0.6 is 0 Å². The number of amides is 4. The minimum Gasteiger partial charge on any atom is -0.490 e. The number of urea groups is 1. The molecule has 4 amide bonds. The number of hydrogen-bond donors (Lipinski definition) is 2. The van der Waals surface area contributed by atoms with Crippen LogP contribution in [0.1, 0.15) is 36.1 Å². The quantitative estimate of drug-likeness (QED) is 0.483. The SMILES string of the molecule is C[C@@]1(c2ccc3c(c2)OCCCO3)NC(=O)N(CC(=O)N[C@@H](Cc2ccccc2)c2ccccc2)C1=O. The van der Waals surface area contributed by atoms with Crippen molar-refractivity contribution in [1.82, 2.24) is 15.5 Å². The Morgan fingerprint density at radius 3 is 2.38 bits per heavy atom. The zero-order chi connectivity index (χ0) is 25.8. The summed E-state index contributed by atoms with van der Waals surface area (Å²) >= 11 is 0. The molecule has 190 valence electrons. The first kappa shape index (κ1) is 24.4. The molecule has 0 saturated carbocycles. The van der Waals surface area contributed by atoms with Crippen LogP contribution in [0.15, 0.2) is 78.9 Å².